The quantitative estimate of drug-likeness (QED) is 0.271. The van der Waals surface area contributed by atoms with E-state index in [4.69, 9.17) is 14.6 Å². The number of ether oxygens (including phenoxy) is 2. The number of carbonyl (C=O) groups excluding carboxylic acids is 2. The molecule has 166 valence electrons. The Bertz CT molecular complexity index is 1100. The molecule has 2 aromatic rings. The number of thioether (sulfide) groups is 1. The number of benzene rings is 2. The molecule has 9 nitrogen and oxygen atoms in total. The minimum Gasteiger partial charge on any atom is -0.490 e. The van der Waals surface area contributed by atoms with Gasteiger partial charge in [0.05, 0.1) is 24.8 Å². The monoisotopic (exact) mass is 455 g/mol. The number of hydrogen-bond donors (Lipinski definition) is 2. The maximum Gasteiger partial charge on any atom is 0.343 e. The van der Waals surface area contributed by atoms with Crippen molar-refractivity contribution in [2.45, 2.75) is 25.5 Å². The Morgan fingerprint density at radius 2 is 2.03 bits per heavy atom. The fraction of sp³-hybridized carbons (Fsp3) is 0.227. The lowest BCUT2D eigenvalue weighted by Gasteiger charge is -2.11. The van der Waals surface area contributed by atoms with Crippen molar-refractivity contribution in [1.82, 2.24) is 5.32 Å². The van der Waals surface area contributed by atoms with Gasteiger partial charge < -0.3 is 19.9 Å². The zero-order valence-corrected chi connectivity index (χ0v) is 18.2. The van der Waals surface area contributed by atoms with E-state index in [1.807, 2.05) is 19.9 Å². The molecule has 0 radical (unpaired) electrons. The van der Waals surface area contributed by atoms with Gasteiger partial charge in [0.25, 0.3) is 0 Å². The summed E-state index contributed by atoms with van der Waals surface area (Å²) in [5.74, 6) is -1.32. The summed E-state index contributed by atoms with van der Waals surface area (Å²) in [5.41, 5.74) is 2.01. The minimum absolute atomic E-state index is 0.228. The standard InChI is InChI=1S/C22H21N3O6S/c1-3-30-17-10-14(12-23-25-22-24-20(28)18(32-22)11-19(26)27)7-8-16(17)31-21(29)15-6-4-5-13(2)9-15/h4-10,12,18H,3,11H2,1-2H3,(H,26,27)(H,24,25,28). The molecule has 2 N–H and O–H groups in total. The maximum atomic E-state index is 12.5. The first-order valence-electron chi connectivity index (χ1n) is 9.71. The van der Waals surface area contributed by atoms with Gasteiger partial charge in [-0.15, -0.1) is 5.10 Å². The predicted molar refractivity (Wildman–Crippen MR) is 121 cm³/mol. The van der Waals surface area contributed by atoms with Crippen LogP contribution in [0.15, 0.2) is 52.7 Å². The molecule has 0 aliphatic carbocycles. The molecule has 1 saturated heterocycles. The lowest BCUT2D eigenvalue weighted by molar-refractivity contribution is -0.138. The number of esters is 1. The second kappa shape index (κ2) is 10.6. The topological polar surface area (TPSA) is 127 Å². The molecule has 0 spiro atoms. The van der Waals surface area contributed by atoms with Crippen molar-refractivity contribution in [2.75, 3.05) is 6.61 Å². The molecule has 1 fully saturated rings. The molecule has 2 aromatic carbocycles. The molecule has 32 heavy (non-hydrogen) atoms. The number of aliphatic carboxylic acids is 1. The van der Waals surface area contributed by atoms with Crippen LogP contribution in [0.5, 0.6) is 11.5 Å². The van der Waals surface area contributed by atoms with Crippen molar-refractivity contribution < 1.29 is 29.0 Å². The van der Waals surface area contributed by atoms with Gasteiger partial charge in [-0.25, -0.2) is 4.79 Å². The van der Waals surface area contributed by atoms with Crippen LogP contribution in [-0.2, 0) is 9.59 Å². The normalized spacial score (nSPS) is 16.9. The second-order valence-corrected chi connectivity index (χ2v) is 7.93. The first-order valence-corrected chi connectivity index (χ1v) is 10.6. The number of rotatable bonds is 8. The first kappa shape index (κ1) is 23.0. The molecular weight excluding hydrogens is 434 g/mol. The molecule has 1 heterocycles. The molecule has 1 aliphatic rings. The van der Waals surface area contributed by atoms with Gasteiger partial charge >= 0.3 is 11.9 Å². The van der Waals surface area contributed by atoms with E-state index >= 15 is 0 Å². The van der Waals surface area contributed by atoms with E-state index in [9.17, 15) is 14.4 Å². The number of hydrogen-bond acceptors (Lipinski definition) is 8. The van der Waals surface area contributed by atoms with Crippen molar-refractivity contribution in [2.24, 2.45) is 10.2 Å². The van der Waals surface area contributed by atoms with Crippen LogP contribution in [-0.4, -0.2) is 46.2 Å². The lowest BCUT2D eigenvalue weighted by Crippen LogP contribution is -2.26. The highest BCUT2D eigenvalue weighted by molar-refractivity contribution is 8.15. The highest BCUT2D eigenvalue weighted by Gasteiger charge is 2.32. The van der Waals surface area contributed by atoms with Crippen LogP contribution < -0.4 is 14.8 Å². The molecule has 1 unspecified atom stereocenters. The van der Waals surface area contributed by atoms with Crippen LogP contribution >= 0.6 is 11.8 Å². The summed E-state index contributed by atoms with van der Waals surface area (Å²) in [7, 11) is 0. The van der Waals surface area contributed by atoms with Gasteiger partial charge in [-0.1, -0.05) is 29.5 Å². The lowest BCUT2D eigenvalue weighted by atomic mass is 10.1. The number of carboxylic acids is 1. The average molecular weight is 455 g/mol. The molecule has 1 aliphatic heterocycles. The summed E-state index contributed by atoms with van der Waals surface area (Å²) >= 11 is 1.01. The van der Waals surface area contributed by atoms with E-state index in [1.54, 1.807) is 36.4 Å². The maximum absolute atomic E-state index is 12.5. The Balaban J connectivity index is 1.71. The van der Waals surface area contributed by atoms with Crippen LogP contribution in [0.2, 0.25) is 0 Å². The van der Waals surface area contributed by atoms with Crippen molar-refractivity contribution in [3.63, 3.8) is 0 Å². The summed E-state index contributed by atoms with van der Waals surface area (Å²) in [6.45, 7) is 4.07. The van der Waals surface area contributed by atoms with Crippen LogP contribution in [0.3, 0.4) is 0 Å². The molecule has 10 heteroatoms. The van der Waals surface area contributed by atoms with E-state index in [-0.39, 0.29) is 17.3 Å². The Labute approximate surface area is 188 Å². The van der Waals surface area contributed by atoms with Crippen LogP contribution in [0.4, 0.5) is 0 Å². The third kappa shape index (κ3) is 6.17. The molecule has 0 bridgehead atoms. The van der Waals surface area contributed by atoms with E-state index in [1.165, 1.54) is 6.21 Å². The molecular formula is C22H21N3O6S. The predicted octanol–water partition coefficient (Wildman–Crippen LogP) is 3.01. The van der Waals surface area contributed by atoms with E-state index in [2.05, 4.69) is 15.5 Å². The second-order valence-electron chi connectivity index (χ2n) is 6.74. The van der Waals surface area contributed by atoms with Gasteiger partial charge in [-0.2, -0.15) is 5.10 Å². The van der Waals surface area contributed by atoms with E-state index in [0.29, 0.717) is 23.5 Å². The molecule has 1 atom stereocenters. The van der Waals surface area contributed by atoms with Gasteiger partial charge in [0, 0.05) is 0 Å². The fourth-order valence-corrected chi connectivity index (χ4v) is 3.70. The molecule has 0 aromatic heterocycles. The van der Waals surface area contributed by atoms with Gasteiger partial charge in [-0.05, 0) is 49.7 Å². The molecule has 1 amide bonds. The summed E-state index contributed by atoms with van der Waals surface area (Å²) in [5, 5.41) is 18.7. The first-order chi connectivity index (χ1) is 15.4. The number of carbonyl (C=O) groups is 3. The Morgan fingerprint density at radius 1 is 1.22 bits per heavy atom. The van der Waals surface area contributed by atoms with Crippen molar-refractivity contribution in [1.29, 1.82) is 0 Å². The number of aryl methyl sites for hydroxylation is 1. The van der Waals surface area contributed by atoms with Crippen molar-refractivity contribution in [3.05, 3.63) is 59.2 Å². The van der Waals surface area contributed by atoms with Gasteiger partial charge in [0.1, 0.15) is 5.25 Å². The van der Waals surface area contributed by atoms with Gasteiger partial charge in [0.2, 0.25) is 5.91 Å². The third-order valence-corrected chi connectivity index (χ3v) is 5.29. The minimum atomic E-state index is -1.06. The number of amides is 1. The largest absolute Gasteiger partial charge is 0.490 e. The summed E-state index contributed by atoms with van der Waals surface area (Å²) in [6.07, 6.45) is 1.15. The Kier molecular flexibility index (Phi) is 7.61. The van der Waals surface area contributed by atoms with E-state index < -0.39 is 23.1 Å². The number of amidine groups is 1. The summed E-state index contributed by atoms with van der Waals surface area (Å²) in [4.78, 5) is 35.0. The average Bonchev–Trinajstić information content (AvgIpc) is 3.08. The SMILES string of the molecule is CCOc1cc(C=NN=C2NC(=O)C(CC(=O)O)S2)ccc1OC(=O)c1cccc(C)c1. The molecule has 0 saturated carbocycles. The number of carboxylic acid groups (broad SMARTS) is 1. The fourth-order valence-electron chi connectivity index (χ4n) is 2.78. The van der Waals surface area contributed by atoms with Gasteiger partial charge in [-0.3, -0.25) is 9.59 Å². The third-order valence-electron chi connectivity index (χ3n) is 4.22. The van der Waals surface area contributed by atoms with Crippen molar-refractivity contribution >= 4 is 41.0 Å². The van der Waals surface area contributed by atoms with Crippen LogP contribution in [0, 0.1) is 6.92 Å². The summed E-state index contributed by atoms with van der Waals surface area (Å²) < 4.78 is 11.1. The number of nitrogens with one attached hydrogen (secondary N) is 1. The van der Waals surface area contributed by atoms with Crippen LogP contribution in [0.25, 0.3) is 0 Å². The van der Waals surface area contributed by atoms with Crippen LogP contribution in [0.1, 0.15) is 34.8 Å². The Hall–Kier alpha value is -3.66. The highest BCUT2D eigenvalue weighted by atomic mass is 32.2. The zero-order valence-electron chi connectivity index (χ0n) is 17.4. The van der Waals surface area contributed by atoms with Crippen molar-refractivity contribution in [3.8, 4) is 11.5 Å². The molecule has 3 rings (SSSR count). The zero-order chi connectivity index (χ0) is 23.1. The van der Waals surface area contributed by atoms with E-state index in [0.717, 1.165) is 17.3 Å². The summed E-state index contributed by atoms with van der Waals surface area (Å²) in [6, 6.07) is 12.0. The Morgan fingerprint density at radius 3 is 2.75 bits per heavy atom. The number of nitrogens with zero attached hydrogens (tertiary/aromatic N) is 2. The van der Waals surface area contributed by atoms with Gasteiger partial charge in [0.15, 0.2) is 16.7 Å². The highest BCUT2D eigenvalue weighted by Crippen LogP contribution is 2.29. The smallest absolute Gasteiger partial charge is 0.343 e.